The first-order valence-electron chi connectivity index (χ1n) is 9.98. The highest BCUT2D eigenvalue weighted by Crippen LogP contribution is 2.27. The molecular weight excluding hydrogens is 370 g/mol. The summed E-state index contributed by atoms with van der Waals surface area (Å²) in [7, 11) is 0. The number of aromatic nitrogens is 1. The van der Waals surface area contributed by atoms with Crippen molar-refractivity contribution in [3.05, 3.63) is 47.7 Å². The van der Waals surface area contributed by atoms with Crippen LogP contribution >= 0.6 is 11.8 Å². The van der Waals surface area contributed by atoms with Crippen LogP contribution in [0.15, 0.2) is 41.4 Å². The van der Waals surface area contributed by atoms with Crippen molar-refractivity contribution in [2.75, 3.05) is 29.1 Å². The van der Waals surface area contributed by atoms with Crippen molar-refractivity contribution in [3.63, 3.8) is 0 Å². The van der Waals surface area contributed by atoms with Gasteiger partial charge in [-0.05, 0) is 68.5 Å². The predicted octanol–water partition coefficient (Wildman–Crippen LogP) is 3.91. The van der Waals surface area contributed by atoms with E-state index < -0.39 is 0 Å². The highest BCUT2D eigenvalue weighted by atomic mass is 32.2. The molecule has 1 aromatic carbocycles. The lowest BCUT2D eigenvalue weighted by Crippen LogP contribution is -2.45. The molecule has 6 heteroatoms. The van der Waals surface area contributed by atoms with Gasteiger partial charge in [0.25, 0.3) is 0 Å². The molecule has 1 N–H and O–H groups in total. The molecule has 1 aliphatic heterocycles. The molecule has 2 aliphatic rings. The molecular formula is C22H27N3O2S. The Labute approximate surface area is 170 Å². The monoisotopic (exact) mass is 397 g/mol. The Kier molecular flexibility index (Phi) is 5.87. The fourth-order valence-electron chi connectivity index (χ4n) is 4.00. The number of morpholine rings is 1. The minimum Gasteiger partial charge on any atom is -0.372 e. The summed E-state index contributed by atoms with van der Waals surface area (Å²) in [6, 6.07) is 10.5. The van der Waals surface area contributed by atoms with Crippen LogP contribution < -0.4 is 10.2 Å². The molecule has 1 aromatic heterocycles. The van der Waals surface area contributed by atoms with Gasteiger partial charge in [-0.15, -0.1) is 11.8 Å². The molecule has 28 heavy (non-hydrogen) atoms. The van der Waals surface area contributed by atoms with Crippen LogP contribution in [0.3, 0.4) is 0 Å². The molecule has 2 unspecified atom stereocenters. The summed E-state index contributed by atoms with van der Waals surface area (Å²) in [5.41, 5.74) is 3.64. The van der Waals surface area contributed by atoms with Gasteiger partial charge in [-0.2, -0.15) is 0 Å². The average Bonchev–Trinajstić information content (AvgIpc) is 3.14. The largest absolute Gasteiger partial charge is 0.372 e. The first kappa shape index (κ1) is 19.3. The fraction of sp³-hybridized carbons (Fsp3) is 0.455. The van der Waals surface area contributed by atoms with Crippen LogP contribution in [-0.2, 0) is 22.4 Å². The number of fused-ring (bicyclic) bond motifs is 1. The molecule has 148 valence electrons. The van der Waals surface area contributed by atoms with E-state index in [0.717, 1.165) is 31.0 Å². The zero-order chi connectivity index (χ0) is 19.5. The Morgan fingerprint density at radius 2 is 1.96 bits per heavy atom. The Morgan fingerprint density at radius 3 is 2.71 bits per heavy atom. The highest BCUT2D eigenvalue weighted by molar-refractivity contribution is 8.00. The summed E-state index contributed by atoms with van der Waals surface area (Å²) >= 11 is 1.59. The zero-order valence-electron chi connectivity index (χ0n) is 16.5. The average molecular weight is 398 g/mol. The number of carbonyl (C=O) groups excluding carboxylic acids is 1. The van der Waals surface area contributed by atoms with E-state index in [-0.39, 0.29) is 18.1 Å². The second kappa shape index (κ2) is 8.53. The van der Waals surface area contributed by atoms with E-state index in [1.165, 1.54) is 28.9 Å². The van der Waals surface area contributed by atoms with Crippen LogP contribution in [0.1, 0.15) is 31.4 Å². The number of anilines is 2. The molecule has 0 saturated carbocycles. The Morgan fingerprint density at radius 1 is 1.18 bits per heavy atom. The van der Waals surface area contributed by atoms with Gasteiger partial charge in [-0.25, -0.2) is 4.98 Å². The summed E-state index contributed by atoms with van der Waals surface area (Å²) in [5.74, 6) is 1.32. The lowest BCUT2D eigenvalue weighted by Gasteiger charge is -2.36. The number of pyridine rings is 1. The Hall–Kier alpha value is -2.05. The summed E-state index contributed by atoms with van der Waals surface area (Å²) in [6.07, 6.45) is 5.72. The highest BCUT2D eigenvalue weighted by Gasteiger charge is 2.23. The van der Waals surface area contributed by atoms with Crippen molar-refractivity contribution in [1.29, 1.82) is 0 Å². The van der Waals surface area contributed by atoms with Gasteiger partial charge in [0.05, 0.1) is 29.8 Å². The molecule has 0 bridgehead atoms. The predicted molar refractivity (Wildman–Crippen MR) is 114 cm³/mol. The third-order valence-corrected chi connectivity index (χ3v) is 6.21. The summed E-state index contributed by atoms with van der Waals surface area (Å²) in [6.45, 7) is 5.83. The molecule has 4 rings (SSSR count). The topological polar surface area (TPSA) is 54.5 Å². The van der Waals surface area contributed by atoms with Crippen molar-refractivity contribution in [3.8, 4) is 0 Å². The number of rotatable bonds is 5. The van der Waals surface area contributed by atoms with E-state index in [1.54, 1.807) is 18.0 Å². The van der Waals surface area contributed by atoms with Crippen molar-refractivity contribution in [2.24, 2.45) is 0 Å². The van der Waals surface area contributed by atoms with E-state index in [4.69, 9.17) is 4.74 Å². The second-order valence-electron chi connectivity index (χ2n) is 7.69. The summed E-state index contributed by atoms with van der Waals surface area (Å²) < 4.78 is 5.77. The molecule has 2 aromatic rings. The third kappa shape index (κ3) is 4.67. The van der Waals surface area contributed by atoms with E-state index in [1.807, 2.05) is 12.1 Å². The lowest BCUT2D eigenvalue weighted by molar-refractivity contribution is -0.113. The second-order valence-corrected chi connectivity index (χ2v) is 8.74. The van der Waals surface area contributed by atoms with Gasteiger partial charge in [-0.3, -0.25) is 4.79 Å². The SMILES string of the molecule is CC1CN(c2ccc(NC(=O)CSc3ccc4c(c3)CCC4)cn2)CC(C)O1. The molecule has 2 heterocycles. The molecule has 1 amide bonds. The fourth-order valence-corrected chi connectivity index (χ4v) is 4.76. The summed E-state index contributed by atoms with van der Waals surface area (Å²) in [5, 5.41) is 2.95. The standard InChI is InChI=1S/C22H27N3O2S/c1-15-12-25(13-16(2)27-15)21-9-7-19(11-23-21)24-22(26)14-28-20-8-6-17-4-3-5-18(17)10-20/h6-11,15-16H,3-5,12-14H2,1-2H3,(H,24,26). The maximum absolute atomic E-state index is 12.3. The van der Waals surface area contributed by atoms with E-state index in [2.05, 4.69) is 47.2 Å². The molecule has 0 spiro atoms. The minimum atomic E-state index is -0.00587. The first-order valence-corrected chi connectivity index (χ1v) is 11.0. The summed E-state index contributed by atoms with van der Waals surface area (Å²) in [4.78, 5) is 20.2. The number of nitrogens with one attached hydrogen (secondary N) is 1. The third-order valence-electron chi connectivity index (χ3n) is 5.22. The van der Waals surface area contributed by atoms with Gasteiger partial charge in [-0.1, -0.05) is 6.07 Å². The maximum atomic E-state index is 12.3. The van der Waals surface area contributed by atoms with Crippen molar-refractivity contribution >= 4 is 29.2 Å². The first-order chi connectivity index (χ1) is 13.6. The number of hydrogen-bond donors (Lipinski definition) is 1. The van der Waals surface area contributed by atoms with E-state index >= 15 is 0 Å². The number of aryl methyl sites for hydroxylation is 2. The van der Waals surface area contributed by atoms with Gasteiger partial charge in [0.2, 0.25) is 5.91 Å². The molecule has 1 aliphatic carbocycles. The van der Waals surface area contributed by atoms with Crippen LogP contribution in [0.4, 0.5) is 11.5 Å². The maximum Gasteiger partial charge on any atom is 0.234 e. The van der Waals surface area contributed by atoms with Gasteiger partial charge in [0.1, 0.15) is 5.82 Å². The van der Waals surface area contributed by atoms with Gasteiger partial charge >= 0.3 is 0 Å². The zero-order valence-corrected chi connectivity index (χ0v) is 17.3. The molecule has 1 saturated heterocycles. The van der Waals surface area contributed by atoms with E-state index in [9.17, 15) is 4.79 Å². The number of amides is 1. The minimum absolute atomic E-state index is 0.00587. The smallest absolute Gasteiger partial charge is 0.234 e. The number of ether oxygens (including phenoxy) is 1. The number of carbonyl (C=O) groups is 1. The molecule has 5 nitrogen and oxygen atoms in total. The Bertz CT molecular complexity index is 830. The van der Waals surface area contributed by atoms with Crippen LogP contribution in [0.2, 0.25) is 0 Å². The van der Waals surface area contributed by atoms with Gasteiger partial charge in [0, 0.05) is 18.0 Å². The number of nitrogens with zero attached hydrogens (tertiary/aromatic N) is 2. The van der Waals surface area contributed by atoms with Crippen molar-refractivity contribution in [1.82, 2.24) is 4.98 Å². The van der Waals surface area contributed by atoms with Crippen molar-refractivity contribution < 1.29 is 9.53 Å². The molecule has 0 radical (unpaired) electrons. The number of benzene rings is 1. The Balaban J connectivity index is 1.29. The van der Waals surface area contributed by atoms with Gasteiger partial charge in [0.15, 0.2) is 0 Å². The molecule has 2 atom stereocenters. The normalized spacial score (nSPS) is 21.4. The van der Waals surface area contributed by atoms with Gasteiger partial charge < -0.3 is 15.0 Å². The van der Waals surface area contributed by atoms with E-state index in [0.29, 0.717) is 5.75 Å². The number of hydrogen-bond acceptors (Lipinski definition) is 5. The van der Waals surface area contributed by atoms with Crippen LogP contribution in [0, 0.1) is 0 Å². The van der Waals surface area contributed by atoms with Crippen molar-refractivity contribution in [2.45, 2.75) is 50.2 Å². The van der Waals surface area contributed by atoms with Crippen LogP contribution in [0.25, 0.3) is 0 Å². The van der Waals surface area contributed by atoms with Crippen LogP contribution in [0.5, 0.6) is 0 Å². The molecule has 1 fully saturated rings. The quantitative estimate of drug-likeness (QED) is 0.775. The van der Waals surface area contributed by atoms with Crippen LogP contribution in [-0.4, -0.2) is 41.9 Å². The number of thioether (sulfide) groups is 1. The lowest BCUT2D eigenvalue weighted by atomic mass is 10.1.